The first-order valence-electron chi connectivity index (χ1n) is 8.87. The molecule has 0 atom stereocenters. The van der Waals surface area contributed by atoms with Crippen LogP contribution in [0.1, 0.15) is 16.3 Å². The van der Waals surface area contributed by atoms with Gasteiger partial charge < -0.3 is 19.2 Å². The van der Waals surface area contributed by atoms with Gasteiger partial charge in [-0.25, -0.2) is 0 Å². The van der Waals surface area contributed by atoms with E-state index in [9.17, 15) is 0 Å². The molecule has 3 rings (SSSR count). The molecule has 0 fully saturated rings. The Morgan fingerprint density at radius 2 is 2.11 bits per heavy atom. The molecular formula is C20H27IN4OS. The van der Waals surface area contributed by atoms with Gasteiger partial charge in [-0.2, -0.15) is 0 Å². The molecule has 0 amide bonds. The first kappa shape index (κ1) is 21.6. The molecule has 0 aliphatic rings. The van der Waals surface area contributed by atoms with Crippen LogP contribution in [-0.4, -0.2) is 35.6 Å². The van der Waals surface area contributed by atoms with E-state index in [0.717, 1.165) is 44.2 Å². The van der Waals surface area contributed by atoms with Gasteiger partial charge in [0.05, 0.1) is 12.8 Å². The van der Waals surface area contributed by atoms with Crippen molar-refractivity contribution < 1.29 is 4.42 Å². The number of aryl methyl sites for hydroxylation is 1. The Balaban J connectivity index is 0.00000261. The van der Waals surface area contributed by atoms with Gasteiger partial charge in [0.2, 0.25) is 0 Å². The molecule has 0 aromatic carbocycles. The molecule has 0 radical (unpaired) electrons. The standard InChI is InChI=1S/C20H26N4OS.HI/c1-23-13-3-6-17(23)16-24(2)20(21-11-9-18-7-4-14-25-18)22-12-10-19-8-5-15-26-19;/h3-8,13-15H,9-12,16H2,1-2H3,(H,21,22);1H. The Morgan fingerprint density at radius 3 is 2.78 bits per heavy atom. The van der Waals surface area contributed by atoms with Gasteiger partial charge in [0.15, 0.2) is 5.96 Å². The summed E-state index contributed by atoms with van der Waals surface area (Å²) in [7, 11) is 4.15. The minimum absolute atomic E-state index is 0. The normalized spacial score (nSPS) is 11.3. The van der Waals surface area contributed by atoms with Crippen molar-refractivity contribution in [1.29, 1.82) is 0 Å². The Labute approximate surface area is 182 Å². The Hall–Kier alpha value is -1.74. The van der Waals surface area contributed by atoms with Crippen LogP contribution in [-0.2, 0) is 26.4 Å². The third kappa shape index (κ3) is 6.73. The largest absolute Gasteiger partial charge is 0.469 e. The van der Waals surface area contributed by atoms with Gasteiger partial charge in [0, 0.05) is 56.8 Å². The van der Waals surface area contributed by atoms with E-state index in [4.69, 9.17) is 9.41 Å². The van der Waals surface area contributed by atoms with E-state index < -0.39 is 0 Å². The predicted octanol–water partition coefficient (Wildman–Crippen LogP) is 4.16. The molecule has 3 aromatic rings. The molecule has 7 heteroatoms. The molecule has 3 heterocycles. The summed E-state index contributed by atoms with van der Waals surface area (Å²) in [6.07, 6.45) is 5.60. The van der Waals surface area contributed by atoms with E-state index in [1.54, 1.807) is 17.6 Å². The van der Waals surface area contributed by atoms with E-state index in [1.807, 2.05) is 12.1 Å². The van der Waals surface area contributed by atoms with Gasteiger partial charge in [0.25, 0.3) is 0 Å². The maximum atomic E-state index is 5.41. The maximum Gasteiger partial charge on any atom is 0.194 e. The van der Waals surface area contributed by atoms with E-state index >= 15 is 0 Å². The number of nitrogens with zero attached hydrogens (tertiary/aromatic N) is 3. The van der Waals surface area contributed by atoms with E-state index in [2.05, 4.69) is 64.7 Å². The number of thiophene rings is 1. The summed E-state index contributed by atoms with van der Waals surface area (Å²) in [5.74, 6) is 1.91. The lowest BCUT2D eigenvalue weighted by atomic mass is 10.3. The average molecular weight is 498 g/mol. The van der Waals surface area contributed by atoms with Crippen molar-refractivity contribution in [3.8, 4) is 0 Å². The minimum Gasteiger partial charge on any atom is -0.469 e. The van der Waals surface area contributed by atoms with Gasteiger partial charge in [-0.15, -0.1) is 35.3 Å². The van der Waals surface area contributed by atoms with Crippen molar-refractivity contribution in [2.45, 2.75) is 19.4 Å². The van der Waals surface area contributed by atoms with Crippen LogP contribution >= 0.6 is 35.3 Å². The SMILES string of the molecule is CN(Cc1cccn1C)C(=NCCc1cccs1)NCCc1ccco1.I. The summed E-state index contributed by atoms with van der Waals surface area (Å²) in [5, 5.41) is 5.59. The second-order valence-corrected chi connectivity index (χ2v) is 7.29. The molecule has 146 valence electrons. The molecule has 1 N–H and O–H groups in total. The van der Waals surface area contributed by atoms with Crippen LogP contribution < -0.4 is 5.32 Å². The first-order valence-corrected chi connectivity index (χ1v) is 9.75. The Kier molecular flexibility index (Phi) is 8.93. The minimum atomic E-state index is 0. The molecule has 3 aromatic heterocycles. The molecule has 0 aliphatic heterocycles. The smallest absolute Gasteiger partial charge is 0.194 e. The predicted molar refractivity (Wildman–Crippen MR) is 123 cm³/mol. The van der Waals surface area contributed by atoms with Crippen molar-refractivity contribution >= 4 is 41.3 Å². The monoisotopic (exact) mass is 498 g/mol. The van der Waals surface area contributed by atoms with Gasteiger partial charge >= 0.3 is 0 Å². The van der Waals surface area contributed by atoms with Crippen LogP contribution in [0.15, 0.2) is 63.6 Å². The number of rotatable bonds is 8. The Morgan fingerprint density at radius 1 is 1.22 bits per heavy atom. The van der Waals surface area contributed by atoms with Crippen LogP contribution in [0.3, 0.4) is 0 Å². The van der Waals surface area contributed by atoms with Gasteiger partial charge in [0.1, 0.15) is 5.76 Å². The summed E-state index contributed by atoms with van der Waals surface area (Å²) in [4.78, 5) is 8.37. The number of nitrogens with one attached hydrogen (secondary N) is 1. The number of aromatic nitrogens is 1. The zero-order valence-corrected chi connectivity index (χ0v) is 18.9. The van der Waals surface area contributed by atoms with E-state index in [1.165, 1.54) is 10.6 Å². The molecule has 0 bridgehead atoms. The molecule has 0 saturated heterocycles. The average Bonchev–Trinajstić information content (AvgIpc) is 3.38. The van der Waals surface area contributed by atoms with E-state index in [0.29, 0.717) is 0 Å². The summed E-state index contributed by atoms with van der Waals surface area (Å²) in [6, 6.07) is 12.4. The van der Waals surface area contributed by atoms with Crippen molar-refractivity contribution in [3.63, 3.8) is 0 Å². The second-order valence-electron chi connectivity index (χ2n) is 6.26. The molecule has 5 nitrogen and oxygen atoms in total. The van der Waals surface area contributed by atoms with Crippen LogP contribution in [0, 0.1) is 0 Å². The molecule has 27 heavy (non-hydrogen) atoms. The number of halogens is 1. The fourth-order valence-corrected chi connectivity index (χ4v) is 3.47. The second kappa shape index (κ2) is 11.2. The molecule has 0 saturated carbocycles. The zero-order valence-electron chi connectivity index (χ0n) is 15.8. The molecule has 0 spiro atoms. The van der Waals surface area contributed by atoms with Gasteiger partial charge in [-0.1, -0.05) is 6.07 Å². The Bertz CT molecular complexity index is 796. The van der Waals surface area contributed by atoms with Crippen LogP contribution in [0.2, 0.25) is 0 Å². The third-order valence-corrected chi connectivity index (χ3v) is 5.18. The fourth-order valence-electron chi connectivity index (χ4n) is 2.77. The van der Waals surface area contributed by atoms with Crippen LogP contribution in [0.25, 0.3) is 0 Å². The lowest BCUT2D eigenvalue weighted by Gasteiger charge is -2.23. The van der Waals surface area contributed by atoms with Crippen LogP contribution in [0.4, 0.5) is 0 Å². The van der Waals surface area contributed by atoms with Crippen molar-refractivity contribution in [2.75, 3.05) is 20.1 Å². The highest BCUT2D eigenvalue weighted by molar-refractivity contribution is 14.0. The lowest BCUT2D eigenvalue weighted by Crippen LogP contribution is -2.40. The third-order valence-electron chi connectivity index (χ3n) is 4.25. The van der Waals surface area contributed by atoms with Crippen molar-refractivity contribution in [1.82, 2.24) is 14.8 Å². The number of hydrogen-bond acceptors (Lipinski definition) is 3. The number of hydrogen-bond donors (Lipinski definition) is 1. The van der Waals surface area contributed by atoms with E-state index in [-0.39, 0.29) is 24.0 Å². The number of aliphatic imine (C=N–C) groups is 1. The van der Waals surface area contributed by atoms with Gasteiger partial charge in [-0.3, -0.25) is 4.99 Å². The first-order chi connectivity index (χ1) is 12.7. The molecule has 0 unspecified atom stereocenters. The summed E-state index contributed by atoms with van der Waals surface area (Å²) < 4.78 is 7.55. The number of furan rings is 1. The van der Waals surface area contributed by atoms with Crippen LogP contribution in [0.5, 0.6) is 0 Å². The fraction of sp³-hybridized carbons (Fsp3) is 0.350. The van der Waals surface area contributed by atoms with Crippen molar-refractivity contribution in [3.05, 3.63) is 70.6 Å². The summed E-state index contributed by atoms with van der Waals surface area (Å²) >= 11 is 1.79. The molecular weight excluding hydrogens is 471 g/mol. The van der Waals surface area contributed by atoms with Gasteiger partial charge in [-0.05, 0) is 35.7 Å². The molecule has 0 aliphatic carbocycles. The maximum absolute atomic E-state index is 5.41. The highest BCUT2D eigenvalue weighted by Gasteiger charge is 2.09. The van der Waals surface area contributed by atoms with Crippen molar-refractivity contribution in [2.24, 2.45) is 12.0 Å². The highest BCUT2D eigenvalue weighted by Crippen LogP contribution is 2.09. The summed E-state index contributed by atoms with van der Waals surface area (Å²) in [6.45, 7) is 2.39. The number of guanidine groups is 1. The quantitative estimate of drug-likeness (QED) is 0.288. The zero-order chi connectivity index (χ0) is 18.2. The highest BCUT2D eigenvalue weighted by atomic mass is 127. The lowest BCUT2D eigenvalue weighted by molar-refractivity contribution is 0.456. The summed E-state index contributed by atoms with van der Waals surface area (Å²) in [5.41, 5.74) is 1.26. The topological polar surface area (TPSA) is 45.7 Å².